The number of rotatable bonds is 5. The third kappa shape index (κ3) is 3.65. The van der Waals surface area contributed by atoms with Crippen LogP contribution in [-0.4, -0.2) is 19.1 Å². The lowest BCUT2D eigenvalue weighted by atomic mass is 10.1. The van der Waals surface area contributed by atoms with Gasteiger partial charge in [0.15, 0.2) is 0 Å². The summed E-state index contributed by atoms with van der Waals surface area (Å²) in [6.07, 6.45) is 3.83. The Hall–Kier alpha value is -1.71. The Morgan fingerprint density at radius 1 is 1.45 bits per heavy atom. The molecule has 20 heavy (non-hydrogen) atoms. The number of anilines is 2. The zero-order valence-electron chi connectivity index (χ0n) is 12.3. The van der Waals surface area contributed by atoms with Gasteiger partial charge < -0.3 is 15.8 Å². The minimum atomic E-state index is -0.318. The van der Waals surface area contributed by atoms with Crippen LogP contribution >= 0.6 is 0 Å². The van der Waals surface area contributed by atoms with E-state index in [4.69, 9.17) is 10.5 Å². The maximum Gasteiger partial charge on any atom is 0.340 e. The number of ether oxygens (including phenoxy) is 1. The van der Waals surface area contributed by atoms with Crippen LogP contribution in [0.3, 0.4) is 0 Å². The number of nitrogens with two attached hydrogens (primary N) is 1. The molecule has 1 aromatic rings. The van der Waals surface area contributed by atoms with E-state index in [0.29, 0.717) is 23.8 Å². The highest BCUT2D eigenvalue weighted by atomic mass is 16.5. The molecule has 1 fully saturated rings. The van der Waals surface area contributed by atoms with E-state index in [1.165, 1.54) is 19.3 Å². The molecule has 1 saturated carbocycles. The van der Waals surface area contributed by atoms with Crippen LogP contribution in [0, 0.1) is 11.8 Å². The van der Waals surface area contributed by atoms with Crippen molar-refractivity contribution in [1.82, 2.24) is 0 Å². The summed E-state index contributed by atoms with van der Waals surface area (Å²) in [6, 6.07) is 5.35. The van der Waals surface area contributed by atoms with Crippen LogP contribution in [0.25, 0.3) is 0 Å². The monoisotopic (exact) mass is 276 g/mol. The van der Waals surface area contributed by atoms with Gasteiger partial charge in [0.2, 0.25) is 0 Å². The summed E-state index contributed by atoms with van der Waals surface area (Å²) in [6.45, 7) is 5.37. The van der Waals surface area contributed by atoms with Gasteiger partial charge in [-0.1, -0.05) is 13.3 Å². The molecule has 0 aliphatic heterocycles. The molecule has 0 heterocycles. The first kappa shape index (κ1) is 14.7. The molecule has 2 atom stereocenters. The van der Waals surface area contributed by atoms with Crippen molar-refractivity contribution in [3.8, 4) is 0 Å². The number of hydrogen-bond donors (Lipinski definition) is 2. The van der Waals surface area contributed by atoms with E-state index in [-0.39, 0.29) is 5.97 Å². The molecular weight excluding hydrogens is 252 g/mol. The van der Waals surface area contributed by atoms with Crippen molar-refractivity contribution in [2.75, 3.05) is 24.2 Å². The number of carbonyl (C=O) groups is 1. The maximum absolute atomic E-state index is 11.9. The Morgan fingerprint density at radius 3 is 2.90 bits per heavy atom. The highest BCUT2D eigenvalue weighted by molar-refractivity contribution is 5.96. The molecule has 0 amide bonds. The van der Waals surface area contributed by atoms with E-state index in [1.54, 1.807) is 13.0 Å². The van der Waals surface area contributed by atoms with Crippen LogP contribution < -0.4 is 11.1 Å². The number of esters is 1. The SMILES string of the molecule is CCOC(=O)c1cc(N)ccc1NCC1CCC(C)C1. The third-order valence-corrected chi connectivity index (χ3v) is 3.92. The van der Waals surface area contributed by atoms with Gasteiger partial charge in [-0.2, -0.15) is 0 Å². The lowest BCUT2D eigenvalue weighted by Gasteiger charge is -2.15. The lowest BCUT2D eigenvalue weighted by Crippen LogP contribution is -2.15. The topological polar surface area (TPSA) is 64.3 Å². The number of carbonyl (C=O) groups excluding carboxylic acids is 1. The summed E-state index contributed by atoms with van der Waals surface area (Å²) in [5, 5.41) is 3.39. The normalized spacial score (nSPS) is 21.7. The molecule has 0 spiro atoms. The summed E-state index contributed by atoms with van der Waals surface area (Å²) in [7, 11) is 0. The molecule has 2 rings (SSSR count). The number of nitrogen functional groups attached to an aromatic ring is 1. The van der Waals surface area contributed by atoms with Crippen LogP contribution in [0.15, 0.2) is 18.2 Å². The van der Waals surface area contributed by atoms with E-state index in [0.717, 1.165) is 18.2 Å². The van der Waals surface area contributed by atoms with Crippen LogP contribution in [0.4, 0.5) is 11.4 Å². The quantitative estimate of drug-likeness (QED) is 0.640. The standard InChI is InChI=1S/C16H24N2O2/c1-3-20-16(19)14-9-13(17)6-7-15(14)18-10-12-5-4-11(2)8-12/h6-7,9,11-12,18H,3-5,8,10,17H2,1-2H3. The van der Waals surface area contributed by atoms with Gasteiger partial charge in [-0.15, -0.1) is 0 Å². The van der Waals surface area contributed by atoms with E-state index in [9.17, 15) is 4.79 Å². The predicted molar refractivity (Wildman–Crippen MR) is 81.8 cm³/mol. The molecule has 2 unspecified atom stereocenters. The molecule has 1 aliphatic rings. The molecule has 1 aromatic carbocycles. The first-order valence-electron chi connectivity index (χ1n) is 7.40. The molecule has 1 aliphatic carbocycles. The fourth-order valence-corrected chi connectivity index (χ4v) is 2.86. The first-order valence-corrected chi connectivity index (χ1v) is 7.40. The van der Waals surface area contributed by atoms with Crippen molar-refractivity contribution < 1.29 is 9.53 Å². The van der Waals surface area contributed by atoms with Crippen molar-refractivity contribution in [2.45, 2.75) is 33.1 Å². The average Bonchev–Trinajstić information content (AvgIpc) is 2.83. The second-order valence-electron chi connectivity index (χ2n) is 5.69. The van der Waals surface area contributed by atoms with Crippen molar-refractivity contribution in [3.63, 3.8) is 0 Å². The second kappa shape index (κ2) is 6.64. The molecule has 0 aromatic heterocycles. The molecule has 3 N–H and O–H groups in total. The Morgan fingerprint density at radius 2 is 2.25 bits per heavy atom. The van der Waals surface area contributed by atoms with Crippen molar-refractivity contribution >= 4 is 17.3 Å². The van der Waals surface area contributed by atoms with Crippen molar-refractivity contribution in [1.29, 1.82) is 0 Å². The predicted octanol–water partition coefficient (Wildman–Crippen LogP) is 3.29. The van der Waals surface area contributed by atoms with Crippen molar-refractivity contribution in [2.24, 2.45) is 11.8 Å². The van der Waals surface area contributed by atoms with Gasteiger partial charge in [-0.05, 0) is 49.8 Å². The largest absolute Gasteiger partial charge is 0.462 e. The fourth-order valence-electron chi connectivity index (χ4n) is 2.86. The van der Waals surface area contributed by atoms with Gasteiger partial charge in [-0.3, -0.25) is 0 Å². The number of hydrogen-bond acceptors (Lipinski definition) is 4. The Balaban J connectivity index is 2.04. The average molecular weight is 276 g/mol. The van der Waals surface area contributed by atoms with Gasteiger partial charge in [0.25, 0.3) is 0 Å². The van der Waals surface area contributed by atoms with E-state index < -0.39 is 0 Å². The van der Waals surface area contributed by atoms with E-state index >= 15 is 0 Å². The number of nitrogens with one attached hydrogen (secondary N) is 1. The molecular formula is C16H24N2O2. The van der Waals surface area contributed by atoms with Gasteiger partial charge in [0.05, 0.1) is 12.2 Å². The summed E-state index contributed by atoms with van der Waals surface area (Å²) < 4.78 is 5.08. The third-order valence-electron chi connectivity index (χ3n) is 3.92. The molecule has 110 valence electrons. The minimum Gasteiger partial charge on any atom is -0.462 e. The highest BCUT2D eigenvalue weighted by Crippen LogP contribution is 2.31. The Kier molecular flexibility index (Phi) is 4.88. The van der Waals surface area contributed by atoms with Crippen LogP contribution in [0.1, 0.15) is 43.5 Å². The highest BCUT2D eigenvalue weighted by Gasteiger charge is 2.21. The zero-order chi connectivity index (χ0) is 14.5. The second-order valence-corrected chi connectivity index (χ2v) is 5.69. The fraction of sp³-hybridized carbons (Fsp3) is 0.562. The van der Waals surface area contributed by atoms with Gasteiger partial charge in [0.1, 0.15) is 0 Å². The molecule has 0 bridgehead atoms. The minimum absolute atomic E-state index is 0.318. The van der Waals surface area contributed by atoms with E-state index in [2.05, 4.69) is 12.2 Å². The zero-order valence-corrected chi connectivity index (χ0v) is 12.3. The smallest absolute Gasteiger partial charge is 0.340 e. The summed E-state index contributed by atoms with van der Waals surface area (Å²) >= 11 is 0. The molecule has 0 radical (unpaired) electrons. The van der Waals surface area contributed by atoms with Gasteiger partial charge in [-0.25, -0.2) is 4.79 Å². The van der Waals surface area contributed by atoms with Gasteiger partial charge >= 0.3 is 5.97 Å². The van der Waals surface area contributed by atoms with Crippen molar-refractivity contribution in [3.05, 3.63) is 23.8 Å². The molecule has 4 heteroatoms. The van der Waals surface area contributed by atoms with Crippen LogP contribution in [-0.2, 0) is 4.74 Å². The van der Waals surface area contributed by atoms with E-state index in [1.807, 2.05) is 12.1 Å². The summed E-state index contributed by atoms with van der Waals surface area (Å²) in [5.74, 6) is 1.19. The first-order chi connectivity index (χ1) is 9.60. The number of benzene rings is 1. The van der Waals surface area contributed by atoms with Crippen LogP contribution in [0.2, 0.25) is 0 Å². The maximum atomic E-state index is 11.9. The molecule has 0 saturated heterocycles. The Labute approximate surface area is 120 Å². The Bertz CT molecular complexity index is 474. The summed E-state index contributed by atoms with van der Waals surface area (Å²) in [4.78, 5) is 11.9. The molecule has 4 nitrogen and oxygen atoms in total. The summed E-state index contributed by atoms with van der Waals surface area (Å²) in [5.41, 5.74) is 7.68. The lowest BCUT2D eigenvalue weighted by molar-refractivity contribution is 0.0527. The van der Waals surface area contributed by atoms with Crippen LogP contribution in [0.5, 0.6) is 0 Å². The van der Waals surface area contributed by atoms with Gasteiger partial charge in [0, 0.05) is 17.9 Å².